The van der Waals surface area contributed by atoms with Gasteiger partial charge < -0.3 is 10.1 Å². The molecule has 0 aliphatic rings. The third kappa shape index (κ3) is 5.25. The molecule has 3 aromatic rings. The number of carbonyl (C=O) groups is 2. The number of hydrogen-bond donors (Lipinski definition) is 2. The van der Waals surface area contributed by atoms with Crippen molar-refractivity contribution in [2.24, 2.45) is 0 Å². The molecule has 0 aliphatic carbocycles. The number of nitrogens with one attached hydrogen (secondary N) is 2. The molecule has 1 heterocycles. The van der Waals surface area contributed by atoms with Gasteiger partial charge in [0.2, 0.25) is 0 Å². The van der Waals surface area contributed by atoms with E-state index < -0.39 is 21.9 Å². The molecule has 0 fully saturated rings. The fraction of sp³-hybridized carbons (Fsp3) is 0.143. The molecule has 0 aliphatic heterocycles. The summed E-state index contributed by atoms with van der Waals surface area (Å²) in [5, 5.41) is 3.12. The van der Waals surface area contributed by atoms with Crippen LogP contribution < -0.4 is 10.0 Å². The standard InChI is InChI=1S/C21H20N2O5S2/c1-3-28-21(25)18-11-12-19(29-18)22-20(24)15-5-4-6-17(13-15)30(26,27)23-16-9-7-14(2)8-10-16/h4-13,23H,3H2,1-2H3,(H,22,24). The largest absolute Gasteiger partial charge is 0.462 e. The van der Waals surface area contributed by atoms with Gasteiger partial charge in [-0.25, -0.2) is 13.2 Å². The van der Waals surface area contributed by atoms with Gasteiger partial charge >= 0.3 is 5.97 Å². The predicted molar refractivity (Wildman–Crippen MR) is 117 cm³/mol. The van der Waals surface area contributed by atoms with Gasteiger partial charge in [-0.2, -0.15) is 0 Å². The first-order valence-corrected chi connectivity index (χ1v) is 11.4. The van der Waals surface area contributed by atoms with Crippen molar-refractivity contribution < 1.29 is 22.7 Å². The number of amides is 1. The Hall–Kier alpha value is -3.17. The molecule has 0 saturated heterocycles. The summed E-state index contributed by atoms with van der Waals surface area (Å²) in [5.41, 5.74) is 1.62. The van der Waals surface area contributed by atoms with E-state index in [1.54, 1.807) is 43.3 Å². The van der Waals surface area contributed by atoms with Crippen molar-refractivity contribution in [1.82, 2.24) is 0 Å². The summed E-state index contributed by atoms with van der Waals surface area (Å²) in [7, 11) is -3.86. The highest BCUT2D eigenvalue weighted by Gasteiger charge is 2.18. The molecule has 0 spiro atoms. The Morgan fingerprint density at radius 2 is 1.77 bits per heavy atom. The number of benzene rings is 2. The molecule has 0 radical (unpaired) electrons. The minimum absolute atomic E-state index is 0.0332. The second-order valence-corrected chi connectivity index (χ2v) is 9.10. The number of hydrogen-bond acceptors (Lipinski definition) is 6. The van der Waals surface area contributed by atoms with Crippen LogP contribution in [0.15, 0.2) is 65.6 Å². The van der Waals surface area contributed by atoms with Gasteiger partial charge in [0.1, 0.15) is 4.88 Å². The maximum Gasteiger partial charge on any atom is 0.348 e. The maximum atomic E-state index is 12.7. The zero-order valence-electron chi connectivity index (χ0n) is 16.3. The van der Waals surface area contributed by atoms with Crippen LogP contribution in [0.4, 0.5) is 10.7 Å². The third-order valence-corrected chi connectivity index (χ3v) is 6.39. The van der Waals surface area contributed by atoms with Crippen LogP contribution in [0.2, 0.25) is 0 Å². The quantitative estimate of drug-likeness (QED) is 0.530. The molecule has 156 valence electrons. The minimum atomic E-state index is -3.86. The molecular formula is C21H20N2O5S2. The van der Waals surface area contributed by atoms with E-state index >= 15 is 0 Å². The summed E-state index contributed by atoms with van der Waals surface area (Å²) in [4.78, 5) is 24.6. The van der Waals surface area contributed by atoms with Crippen LogP contribution in [0.25, 0.3) is 0 Å². The van der Waals surface area contributed by atoms with E-state index in [1.165, 1.54) is 24.3 Å². The van der Waals surface area contributed by atoms with Crippen molar-refractivity contribution in [3.05, 3.63) is 76.7 Å². The SMILES string of the molecule is CCOC(=O)c1ccc(NC(=O)c2cccc(S(=O)(=O)Nc3ccc(C)cc3)c2)s1. The second-order valence-electron chi connectivity index (χ2n) is 6.34. The Kier molecular flexibility index (Phi) is 6.53. The summed E-state index contributed by atoms with van der Waals surface area (Å²) >= 11 is 1.08. The molecule has 2 aromatic carbocycles. The second kappa shape index (κ2) is 9.10. The smallest absolute Gasteiger partial charge is 0.348 e. The molecule has 1 aromatic heterocycles. The van der Waals surface area contributed by atoms with Crippen LogP contribution in [0.5, 0.6) is 0 Å². The molecule has 0 bridgehead atoms. The normalized spacial score (nSPS) is 11.0. The van der Waals surface area contributed by atoms with Gasteiger partial charge in [-0.15, -0.1) is 11.3 Å². The van der Waals surface area contributed by atoms with Crippen molar-refractivity contribution in [3.8, 4) is 0 Å². The number of esters is 1. The van der Waals surface area contributed by atoms with Gasteiger partial charge in [-0.3, -0.25) is 9.52 Å². The lowest BCUT2D eigenvalue weighted by Crippen LogP contribution is -2.15. The van der Waals surface area contributed by atoms with Crippen molar-refractivity contribution in [3.63, 3.8) is 0 Å². The van der Waals surface area contributed by atoms with Gasteiger partial charge in [-0.1, -0.05) is 23.8 Å². The molecule has 9 heteroatoms. The number of rotatable bonds is 7. The lowest BCUT2D eigenvalue weighted by atomic mass is 10.2. The number of anilines is 2. The van der Waals surface area contributed by atoms with Crippen LogP contribution in [0.1, 0.15) is 32.5 Å². The number of aryl methyl sites for hydroxylation is 1. The molecule has 0 saturated carbocycles. The fourth-order valence-electron chi connectivity index (χ4n) is 2.54. The van der Waals surface area contributed by atoms with Crippen molar-refractivity contribution in [1.29, 1.82) is 0 Å². The Labute approximate surface area is 178 Å². The van der Waals surface area contributed by atoms with Gasteiger partial charge in [0.25, 0.3) is 15.9 Å². The average Bonchev–Trinajstić information content (AvgIpc) is 3.18. The summed E-state index contributed by atoms with van der Waals surface area (Å²) in [6.07, 6.45) is 0. The molecule has 30 heavy (non-hydrogen) atoms. The zero-order chi connectivity index (χ0) is 21.7. The Bertz CT molecular complexity index is 1170. The van der Waals surface area contributed by atoms with Gasteiger partial charge in [0.05, 0.1) is 16.5 Å². The van der Waals surface area contributed by atoms with Crippen molar-refractivity contribution in [2.45, 2.75) is 18.7 Å². The molecule has 7 nitrogen and oxygen atoms in total. The number of carbonyl (C=O) groups excluding carboxylic acids is 2. The highest BCUT2D eigenvalue weighted by molar-refractivity contribution is 7.92. The van der Waals surface area contributed by atoms with E-state index in [2.05, 4.69) is 10.0 Å². The van der Waals surface area contributed by atoms with Crippen LogP contribution in [0.3, 0.4) is 0 Å². The fourth-order valence-corrected chi connectivity index (χ4v) is 4.44. The van der Waals surface area contributed by atoms with Crippen molar-refractivity contribution in [2.75, 3.05) is 16.6 Å². The van der Waals surface area contributed by atoms with Crippen LogP contribution in [-0.2, 0) is 14.8 Å². The van der Waals surface area contributed by atoms with Crippen LogP contribution in [0, 0.1) is 6.92 Å². The Balaban J connectivity index is 1.75. The summed E-state index contributed by atoms with van der Waals surface area (Å²) < 4.78 is 32.8. The highest BCUT2D eigenvalue weighted by atomic mass is 32.2. The first kappa shape index (κ1) is 21.5. The molecule has 0 unspecified atom stereocenters. The molecule has 3 rings (SSSR count). The Morgan fingerprint density at radius 1 is 1.03 bits per heavy atom. The van der Waals surface area contributed by atoms with E-state index in [0.717, 1.165) is 16.9 Å². The van der Waals surface area contributed by atoms with Gasteiger partial charge in [0, 0.05) is 11.3 Å². The number of thiophene rings is 1. The first-order valence-electron chi connectivity index (χ1n) is 9.06. The topological polar surface area (TPSA) is 102 Å². The average molecular weight is 445 g/mol. The number of ether oxygens (including phenoxy) is 1. The minimum Gasteiger partial charge on any atom is -0.462 e. The summed E-state index contributed by atoms with van der Waals surface area (Å²) in [5.74, 6) is -0.946. The zero-order valence-corrected chi connectivity index (χ0v) is 18.0. The molecule has 1 amide bonds. The number of sulfonamides is 1. The Morgan fingerprint density at radius 3 is 2.47 bits per heavy atom. The highest BCUT2D eigenvalue weighted by Crippen LogP contribution is 2.24. The predicted octanol–water partition coefficient (Wildman–Crippen LogP) is 4.29. The molecule has 2 N–H and O–H groups in total. The van der Waals surface area contributed by atoms with E-state index in [-0.39, 0.29) is 17.1 Å². The lowest BCUT2D eigenvalue weighted by Gasteiger charge is -2.10. The first-order chi connectivity index (χ1) is 14.3. The van der Waals surface area contributed by atoms with E-state index in [0.29, 0.717) is 15.6 Å². The van der Waals surface area contributed by atoms with E-state index in [4.69, 9.17) is 4.74 Å². The van der Waals surface area contributed by atoms with E-state index in [9.17, 15) is 18.0 Å². The summed E-state index contributed by atoms with van der Waals surface area (Å²) in [6.45, 7) is 3.88. The molecule has 0 atom stereocenters. The maximum absolute atomic E-state index is 12.7. The molecular weight excluding hydrogens is 424 g/mol. The third-order valence-electron chi connectivity index (χ3n) is 4.03. The van der Waals surface area contributed by atoms with Crippen molar-refractivity contribution >= 4 is 43.9 Å². The van der Waals surface area contributed by atoms with Crippen LogP contribution >= 0.6 is 11.3 Å². The van der Waals surface area contributed by atoms with E-state index in [1.807, 2.05) is 6.92 Å². The monoisotopic (exact) mass is 444 g/mol. The van der Waals surface area contributed by atoms with Gasteiger partial charge in [0.15, 0.2) is 0 Å². The summed E-state index contributed by atoms with van der Waals surface area (Å²) in [6, 6.07) is 15.8. The van der Waals surface area contributed by atoms with Crippen LogP contribution in [-0.4, -0.2) is 26.9 Å². The lowest BCUT2D eigenvalue weighted by molar-refractivity contribution is 0.0532. The van der Waals surface area contributed by atoms with Gasteiger partial charge in [-0.05, 0) is 56.3 Å².